The van der Waals surface area contributed by atoms with Gasteiger partial charge in [0, 0.05) is 19.0 Å². The number of guanidine groups is 1. The maximum Gasteiger partial charge on any atom is 0.191 e. The van der Waals surface area contributed by atoms with Crippen molar-refractivity contribution >= 4 is 40.9 Å². The molecular formula is C19H22IN3O. The van der Waals surface area contributed by atoms with E-state index in [1.807, 2.05) is 24.3 Å². The van der Waals surface area contributed by atoms with Crippen LogP contribution >= 0.6 is 24.0 Å². The number of fused-ring (bicyclic) bond motifs is 1. The second-order valence-electron chi connectivity index (χ2n) is 5.34. The van der Waals surface area contributed by atoms with Gasteiger partial charge in [0.25, 0.3) is 0 Å². The molecule has 0 saturated heterocycles. The number of hydrogen-bond donors (Lipinski definition) is 2. The zero-order valence-electron chi connectivity index (χ0n) is 13.7. The van der Waals surface area contributed by atoms with Gasteiger partial charge < -0.3 is 15.1 Å². The summed E-state index contributed by atoms with van der Waals surface area (Å²) in [5, 5.41) is 7.72. The Morgan fingerprint density at radius 2 is 1.75 bits per heavy atom. The summed E-state index contributed by atoms with van der Waals surface area (Å²) in [5.41, 5.74) is 2.23. The summed E-state index contributed by atoms with van der Waals surface area (Å²) < 4.78 is 5.79. The minimum Gasteiger partial charge on any atom is -0.459 e. The summed E-state index contributed by atoms with van der Waals surface area (Å²) in [4.78, 5) is 4.24. The molecule has 0 saturated carbocycles. The Morgan fingerprint density at radius 3 is 2.50 bits per heavy atom. The molecule has 1 heterocycles. The van der Waals surface area contributed by atoms with Crippen molar-refractivity contribution < 1.29 is 4.42 Å². The Hall–Kier alpha value is -2.02. The van der Waals surface area contributed by atoms with Crippen LogP contribution in [0.25, 0.3) is 11.0 Å². The van der Waals surface area contributed by atoms with Crippen LogP contribution in [0.5, 0.6) is 0 Å². The normalized spacial score (nSPS) is 11.1. The lowest BCUT2D eigenvalue weighted by molar-refractivity contribution is 0.538. The van der Waals surface area contributed by atoms with Crippen LogP contribution < -0.4 is 10.6 Å². The Bertz CT molecular complexity index is 750. The quantitative estimate of drug-likeness (QED) is 0.363. The van der Waals surface area contributed by atoms with E-state index in [0.717, 1.165) is 35.7 Å². The van der Waals surface area contributed by atoms with Gasteiger partial charge in [0.1, 0.15) is 11.3 Å². The summed E-state index contributed by atoms with van der Waals surface area (Å²) in [7, 11) is 1.77. The molecule has 24 heavy (non-hydrogen) atoms. The van der Waals surface area contributed by atoms with Crippen LogP contribution in [0.1, 0.15) is 11.3 Å². The first-order chi connectivity index (χ1) is 11.3. The molecule has 0 radical (unpaired) electrons. The Morgan fingerprint density at radius 1 is 1.00 bits per heavy atom. The summed E-state index contributed by atoms with van der Waals surface area (Å²) >= 11 is 0. The van der Waals surface area contributed by atoms with Crippen molar-refractivity contribution in [3.63, 3.8) is 0 Å². The number of aliphatic imine (C=N–C) groups is 1. The highest BCUT2D eigenvalue weighted by Gasteiger charge is 2.04. The zero-order chi connectivity index (χ0) is 15.9. The van der Waals surface area contributed by atoms with E-state index in [4.69, 9.17) is 4.42 Å². The molecule has 0 atom stereocenters. The number of hydrogen-bond acceptors (Lipinski definition) is 2. The lowest BCUT2D eigenvalue weighted by Crippen LogP contribution is -2.37. The van der Waals surface area contributed by atoms with Gasteiger partial charge in [0.2, 0.25) is 0 Å². The lowest BCUT2D eigenvalue weighted by Gasteiger charge is -2.10. The summed E-state index contributed by atoms with van der Waals surface area (Å²) in [6.45, 7) is 1.45. The molecule has 5 heteroatoms. The smallest absolute Gasteiger partial charge is 0.191 e. The fourth-order valence-corrected chi connectivity index (χ4v) is 2.49. The molecule has 0 aliphatic rings. The van der Waals surface area contributed by atoms with Crippen molar-refractivity contribution in [2.75, 3.05) is 13.6 Å². The minimum atomic E-state index is 0. The van der Waals surface area contributed by atoms with E-state index in [1.165, 1.54) is 5.56 Å². The highest BCUT2D eigenvalue weighted by molar-refractivity contribution is 14.0. The van der Waals surface area contributed by atoms with E-state index in [1.54, 1.807) is 7.05 Å². The maximum atomic E-state index is 5.79. The second kappa shape index (κ2) is 9.32. The van der Waals surface area contributed by atoms with Crippen molar-refractivity contribution in [3.05, 3.63) is 72.0 Å². The summed E-state index contributed by atoms with van der Waals surface area (Å²) in [5.74, 6) is 1.68. The first kappa shape index (κ1) is 18.3. The molecule has 0 fully saturated rings. The average molecular weight is 435 g/mol. The Labute approximate surface area is 159 Å². The highest BCUT2D eigenvalue weighted by Crippen LogP contribution is 2.18. The number of nitrogens with zero attached hydrogens (tertiary/aromatic N) is 1. The monoisotopic (exact) mass is 435 g/mol. The van der Waals surface area contributed by atoms with Crippen molar-refractivity contribution in [3.8, 4) is 0 Å². The van der Waals surface area contributed by atoms with Crippen LogP contribution in [0, 0.1) is 0 Å². The van der Waals surface area contributed by atoms with Crippen molar-refractivity contribution in [2.24, 2.45) is 4.99 Å². The van der Waals surface area contributed by atoms with Crippen molar-refractivity contribution in [2.45, 2.75) is 13.0 Å². The molecule has 0 bridgehead atoms. The van der Waals surface area contributed by atoms with Gasteiger partial charge in [-0.05, 0) is 24.1 Å². The number of nitrogens with one attached hydrogen (secondary N) is 2. The van der Waals surface area contributed by atoms with Gasteiger partial charge in [-0.2, -0.15) is 0 Å². The van der Waals surface area contributed by atoms with E-state index < -0.39 is 0 Å². The molecule has 4 nitrogen and oxygen atoms in total. The topological polar surface area (TPSA) is 49.6 Å². The van der Waals surface area contributed by atoms with Crippen LogP contribution in [0.3, 0.4) is 0 Å². The van der Waals surface area contributed by atoms with E-state index in [9.17, 15) is 0 Å². The predicted octanol–water partition coefficient (Wildman–Crippen LogP) is 3.96. The third-order valence-electron chi connectivity index (χ3n) is 3.68. The van der Waals surface area contributed by atoms with Gasteiger partial charge in [0.05, 0.1) is 6.54 Å². The molecule has 3 aromatic rings. The minimum absolute atomic E-state index is 0. The molecule has 0 amide bonds. The highest BCUT2D eigenvalue weighted by atomic mass is 127. The molecule has 2 N–H and O–H groups in total. The van der Waals surface area contributed by atoms with Gasteiger partial charge in [-0.3, -0.25) is 4.99 Å². The lowest BCUT2D eigenvalue weighted by atomic mass is 10.1. The third-order valence-corrected chi connectivity index (χ3v) is 3.68. The van der Waals surface area contributed by atoms with Gasteiger partial charge >= 0.3 is 0 Å². The number of benzene rings is 2. The van der Waals surface area contributed by atoms with Gasteiger partial charge in [-0.15, -0.1) is 24.0 Å². The van der Waals surface area contributed by atoms with Crippen LogP contribution in [-0.4, -0.2) is 19.6 Å². The molecule has 1 aromatic heterocycles. The summed E-state index contributed by atoms with van der Waals surface area (Å²) in [6, 6.07) is 20.5. The average Bonchev–Trinajstić information content (AvgIpc) is 3.01. The van der Waals surface area contributed by atoms with Crippen molar-refractivity contribution in [1.29, 1.82) is 0 Å². The number of para-hydroxylation sites is 1. The number of furan rings is 1. The third kappa shape index (κ3) is 4.99. The molecule has 3 rings (SSSR count). The number of rotatable bonds is 5. The molecule has 0 spiro atoms. The molecule has 0 aliphatic heterocycles. The van der Waals surface area contributed by atoms with E-state index in [0.29, 0.717) is 6.54 Å². The first-order valence-corrected chi connectivity index (χ1v) is 7.81. The summed E-state index contributed by atoms with van der Waals surface area (Å²) in [6.07, 6.45) is 0.964. The second-order valence-corrected chi connectivity index (χ2v) is 5.34. The van der Waals surface area contributed by atoms with Crippen LogP contribution in [-0.2, 0) is 13.0 Å². The fourth-order valence-electron chi connectivity index (χ4n) is 2.49. The van der Waals surface area contributed by atoms with E-state index in [-0.39, 0.29) is 24.0 Å². The molecule has 126 valence electrons. The fraction of sp³-hybridized carbons (Fsp3) is 0.211. The van der Waals surface area contributed by atoms with E-state index >= 15 is 0 Å². The van der Waals surface area contributed by atoms with Crippen LogP contribution in [0.4, 0.5) is 0 Å². The maximum absolute atomic E-state index is 5.79. The zero-order valence-corrected chi connectivity index (χ0v) is 16.0. The Kier molecular flexibility index (Phi) is 7.11. The standard InChI is InChI=1S/C19H21N3O.HI/c1-20-19(21-12-11-15-7-3-2-4-8-15)22-14-17-13-16-9-5-6-10-18(16)23-17;/h2-10,13H,11-12,14H2,1H3,(H2,20,21,22);1H. The van der Waals surface area contributed by atoms with Crippen LogP contribution in [0.2, 0.25) is 0 Å². The van der Waals surface area contributed by atoms with Gasteiger partial charge in [0.15, 0.2) is 5.96 Å². The van der Waals surface area contributed by atoms with Crippen LogP contribution in [0.15, 0.2) is 70.1 Å². The molecule has 2 aromatic carbocycles. The number of halogens is 1. The molecule has 0 aliphatic carbocycles. The van der Waals surface area contributed by atoms with Gasteiger partial charge in [-0.25, -0.2) is 0 Å². The van der Waals surface area contributed by atoms with Gasteiger partial charge in [-0.1, -0.05) is 48.5 Å². The molecular weight excluding hydrogens is 413 g/mol. The largest absolute Gasteiger partial charge is 0.459 e. The molecule has 0 unspecified atom stereocenters. The first-order valence-electron chi connectivity index (χ1n) is 7.81. The predicted molar refractivity (Wildman–Crippen MR) is 110 cm³/mol. The van der Waals surface area contributed by atoms with E-state index in [2.05, 4.69) is 52.0 Å². The SMILES string of the molecule is CN=C(NCCc1ccccc1)NCc1cc2ccccc2o1.I. The van der Waals surface area contributed by atoms with Crippen molar-refractivity contribution in [1.82, 2.24) is 10.6 Å². The Balaban J connectivity index is 0.00000208.